The Kier molecular flexibility index (Phi) is 8.59. The first kappa shape index (κ1) is 24.7. The van der Waals surface area contributed by atoms with Gasteiger partial charge in [0.15, 0.2) is 0 Å². The minimum Gasteiger partial charge on any atom is -0.508 e. The zero-order chi connectivity index (χ0) is 23.8. The van der Waals surface area contributed by atoms with E-state index in [4.69, 9.17) is 0 Å². The molecule has 1 unspecified atom stereocenters. The van der Waals surface area contributed by atoms with Crippen molar-refractivity contribution in [2.24, 2.45) is 5.92 Å². The van der Waals surface area contributed by atoms with Gasteiger partial charge in [0.05, 0.1) is 10.6 Å². The van der Waals surface area contributed by atoms with E-state index in [1.165, 1.54) is 6.07 Å². The van der Waals surface area contributed by atoms with Gasteiger partial charge in [-0.25, -0.2) is 0 Å². The predicted octanol–water partition coefficient (Wildman–Crippen LogP) is 7.15. The number of aryl methyl sites for hydroxylation is 1. The summed E-state index contributed by atoms with van der Waals surface area (Å²) in [6.07, 6.45) is 6.90. The molecule has 2 N–H and O–H groups in total. The van der Waals surface area contributed by atoms with E-state index in [1.807, 2.05) is 45.1 Å². The number of phenolic OH excluding ortho intramolecular Hbond substituents is 1. The van der Waals surface area contributed by atoms with Crippen LogP contribution in [0.2, 0.25) is 0 Å². The zero-order valence-electron chi connectivity index (χ0n) is 19.5. The minimum absolute atomic E-state index is 0.0338. The number of rotatable bonds is 9. The molecule has 168 valence electrons. The maximum atomic E-state index is 11.5. The number of nitrogens with one attached hydrogen (secondary N) is 1. The Morgan fingerprint density at radius 3 is 2.59 bits per heavy atom. The standard InChI is InChI=1S/C27H32N2O3/c1-7-9-11-20(5)26(18(3)8-2)27(25-17-23(29(31)32)15-14-19(25)4)28-21(6)22-12-10-13-24(30)16-22/h7,9-18,28,30H,6,8H2,1-5H3/b9-7-,20-11+,27-26+. The van der Waals surface area contributed by atoms with Crippen LogP contribution >= 0.6 is 0 Å². The molecule has 2 aromatic rings. The van der Waals surface area contributed by atoms with Crippen molar-refractivity contribution < 1.29 is 10.0 Å². The quantitative estimate of drug-likeness (QED) is 0.251. The number of allylic oxidation sites excluding steroid dienone is 5. The highest BCUT2D eigenvalue weighted by Gasteiger charge is 2.21. The van der Waals surface area contributed by atoms with Crippen molar-refractivity contribution in [1.82, 2.24) is 5.32 Å². The van der Waals surface area contributed by atoms with Crippen LogP contribution in [0, 0.1) is 23.0 Å². The number of nitro groups is 1. The summed E-state index contributed by atoms with van der Waals surface area (Å²) >= 11 is 0. The van der Waals surface area contributed by atoms with Crippen LogP contribution < -0.4 is 5.32 Å². The van der Waals surface area contributed by atoms with Gasteiger partial charge in [0, 0.05) is 29.0 Å². The number of hydrogen-bond acceptors (Lipinski definition) is 4. The molecule has 32 heavy (non-hydrogen) atoms. The number of hydrogen-bond donors (Lipinski definition) is 2. The lowest BCUT2D eigenvalue weighted by atomic mass is 9.87. The fourth-order valence-corrected chi connectivity index (χ4v) is 3.56. The first-order valence-corrected chi connectivity index (χ1v) is 10.7. The third-order valence-corrected chi connectivity index (χ3v) is 5.51. The average molecular weight is 433 g/mol. The molecule has 1 atom stereocenters. The van der Waals surface area contributed by atoms with Gasteiger partial charge in [0.2, 0.25) is 0 Å². The molecule has 0 saturated heterocycles. The lowest BCUT2D eigenvalue weighted by Crippen LogP contribution is -2.17. The monoisotopic (exact) mass is 432 g/mol. The Labute approximate surface area is 190 Å². The smallest absolute Gasteiger partial charge is 0.270 e. The van der Waals surface area contributed by atoms with E-state index in [0.29, 0.717) is 5.70 Å². The van der Waals surface area contributed by atoms with E-state index in [-0.39, 0.29) is 22.3 Å². The molecule has 0 aliphatic heterocycles. The third kappa shape index (κ3) is 5.97. The molecule has 2 aromatic carbocycles. The summed E-state index contributed by atoms with van der Waals surface area (Å²) in [5, 5.41) is 24.9. The lowest BCUT2D eigenvalue weighted by molar-refractivity contribution is -0.384. The predicted molar refractivity (Wildman–Crippen MR) is 133 cm³/mol. The number of nitro benzene ring substituents is 1. The molecule has 0 aromatic heterocycles. The second kappa shape index (κ2) is 11.1. The number of non-ortho nitro benzene ring substituents is 1. The van der Waals surface area contributed by atoms with Gasteiger partial charge < -0.3 is 10.4 Å². The Balaban J connectivity index is 2.80. The number of aromatic hydroxyl groups is 1. The minimum atomic E-state index is -0.379. The van der Waals surface area contributed by atoms with Crippen LogP contribution in [-0.4, -0.2) is 10.0 Å². The molecule has 0 saturated carbocycles. The maximum absolute atomic E-state index is 11.5. The van der Waals surface area contributed by atoms with Crippen LogP contribution in [0.4, 0.5) is 5.69 Å². The zero-order valence-corrected chi connectivity index (χ0v) is 19.5. The summed E-state index contributed by atoms with van der Waals surface area (Å²) in [7, 11) is 0. The van der Waals surface area contributed by atoms with Crippen LogP contribution in [0.1, 0.15) is 50.8 Å². The summed E-state index contributed by atoms with van der Waals surface area (Å²) in [5.41, 5.74) is 5.96. The Morgan fingerprint density at radius 1 is 1.28 bits per heavy atom. The molecule has 5 nitrogen and oxygen atoms in total. The van der Waals surface area contributed by atoms with Gasteiger partial charge in [0.25, 0.3) is 5.69 Å². The van der Waals surface area contributed by atoms with Gasteiger partial charge in [-0.2, -0.15) is 0 Å². The molecule has 0 spiro atoms. The summed E-state index contributed by atoms with van der Waals surface area (Å²) < 4.78 is 0. The van der Waals surface area contributed by atoms with E-state index in [9.17, 15) is 15.2 Å². The fraction of sp³-hybridized carbons (Fsp3) is 0.259. The van der Waals surface area contributed by atoms with E-state index in [2.05, 4.69) is 25.7 Å². The van der Waals surface area contributed by atoms with Crippen LogP contribution in [0.3, 0.4) is 0 Å². The van der Waals surface area contributed by atoms with E-state index in [0.717, 1.165) is 40.0 Å². The molecule has 0 heterocycles. The molecule has 0 fully saturated rings. The van der Waals surface area contributed by atoms with E-state index >= 15 is 0 Å². The molecule has 0 bridgehead atoms. The van der Waals surface area contributed by atoms with Crippen LogP contribution in [-0.2, 0) is 0 Å². The normalized spacial score (nSPS) is 13.6. The molecule has 0 aliphatic rings. The molecule has 0 amide bonds. The fourth-order valence-electron chi connectivity index (χ4n) is 3.56. The first-order chi connectivity index (χ1) is 15.2. The molecule has 0 aliphatic carbocycles. The van der Waals surface area contributed by atoms with Gasteiger partial charge in [-0.05, 0) is 62.0 Å². The molecule has 0 radical (unpaired) electrons. The van der Waals surface area contributed by atoms with Gasteiger partial charge >= 0.3 is 0 Å². The van der Waals surface area contributed by atoms with Crippen molar-refractivity contribution in [1.29, 1.82) is 0 Å². The van der Waals surface area contributed by atoms with Crippen molar-refractivity contribution in [2.75, 3.05) is 0 Å². The summed E-state index contributed by atoms with van der Waals surface area (Å²) in [5.74, 6) is 0.337. The SMILES string of the molecule is C=C(N/C(=C(/C(C)=C/C=C\C)C(C)CC)c1cc([N+](=O)[O-])ccc1C)c1cccc(O)c1. The molecule has 5 heteroatoms. The molecular formula is C27H32N2O3. The summed E-state index contributed by atoms with van der Waals surface area (Å²) in [4.78, 5) is 11.1. The average Bonchev–Trinajstić information content (AvgIpc) is 2.77. The second-order valence-corrected chi connectivity index (χ2v) is 7.88. The number of nitrogens with zero attached hydrogens (tertiary/aromatic N) is 1. The van der Waals surface area contributed by atoms with Crippen molar-refractivity contribution in [3.63, 3.8) is 0 Å². The highest BCUT2D eigenvalue weighted by Crippen LogP contribution is 2.34. The Hall–Kier alpha value is -3.60. The largest absolute Gasteiger partial charge is 0.508 e. The maximum Gasteiger partial charge on any atom is 0.270 e. The topological polar surface area (TPSA) is 75.4 Å². The van der Waals surface area contributed by atoms with E-state index < -0.39 is 0 Å². The van der Waals surface area contributed by atoms with Crippen molar-refractivity contribution in [3.8, 4) is 5.75 Å². The van der Waals surface area contributed by atoms with Gasteiger partial charge in [-0.1, -0.05) is 56.9 Å². The van der Waals surface area contributed by atoms with Crippen LogP contribution in [0.5, 0.6) is 5.75 Å². The number of phenols is 1. The van der Waals surface area contributed by atoms with Gasteiger partial charge in [-0.3, -0.25) is 10.1 Å². The Bertz CT molecular complexity index is 1090. The summed E-state index contributed by atoms with van der Waals surface area (Å²) in [6.45, 7) is 14.4. The van der Waals surface area contributed by atoms with E-state index in [1.54, 1.807) is 30.3 Å². The number of benzene rings is 2. The van der Waals surface area contributed by atoms with Gasteiger partial charge in [0.1, 0.15) is 5.75 Å². The van der Waals surface area contributed by atoms with Crippen LogP contribution in [0.25, 0.3) is 11.4 Å². The first-order valence-electron chi connectivity index (χ1n) is 10.7. The highest BCUT2D eigenvalue weighted by atomic mass is 16.6. The Morgan fingerprint density at radius 2 is 2.00 bits per heavy atom. The lowest BCUT2D eigenvalue weighted by Gasteiger charge is -2.25. The van der Waals surface area contributed by atoms with Crippen LogP contribution in [0.15, 0.2) is 78.4 Å². The van der Waals surface area contributed by atoms with Crippen molar-refractivity contribution in [2.45, 2.75) is 41.0 Å². The third-order valence-electron chi connectivity index (χ3n) is 5.51. The van der Waals surface area contributed by atoms with Gasteiger partial charge in [-0.15, -0.1) is 0 Å². The molecule has 2 rings (SSSR count). The summed E-state index contributed by atoms with van der Waals surface area (Å²) in [6, 6.07) is 11.8. The molecular weight excluding hydrogens is 400 g/mol. The van der Waals surface area contributed by atoms with Crippen molar-refractivity contribution >= 4 is 17.1 Å². The highest BCUT2D eigenvalue weighted by molar-refractivity contribution is 5.82. The van der Waals surface area contributed by atoms with Crippen molar-refractivity contribution in [3.05, 3.63) is 105 Å². The second-order valence-electron chi connectivity index (χ2n) is 7.88.